The fourth-order valence-electron chi connectivity index (χ4n) is 3.12. The Morgan fingerprint density at radius 2 is 2.00 bits per heavy atom. The maximum atomic E-state index is 13.4. The van der Waals surface area contributed by atoms with Crippen LogP contribution in [-0.2, 0) is 4.79 Å². The number of anilines is 1. The Bertz CT molecular complexity index is 1310. The van der Waals surface area contributed by atoms with Crippen LogP contribution in [0.4, 0.5) is 10.1 Å². The van der Waals surface area contributed by atoms with Gasteiger partial charge in [0.1, 0.15) is 17.1 Å². The lowest BCUT2D eigenvalue weighted by Gasteiger charge is -2.12. The number of halogens is 1. The largest absolute Gasteiger partial charge is 0.497 e. The molecule has 0 unspecified atom stereocenters. The maximum absolute atomic E-state index is 13.4. The third kappa shape index (κ3) is 4.46. The number of methoxy groups -OCH3 is 1. The Hall–Kier alpha value is -3.59. The third-order valence-corrected chi connectivity index (χ3v) is 5.47. The van der Waals surface area contributed by atoms with Crippen molar-refractivity contribution in [3.05, 3.63) is 76.5 Å². The lowest BCUT2D eigenvalue weighted by atomic mass is 10.3. The fourth-order valence-corrected chi connectivity index (χ4v) is 3.93. The van der Waals surface area contributed by atoms with Gasteiger partial charge >= 0.3 is 0 Å². The van der Waals surface area contributed by atoms with Crippen molar-refractivity contribution in [1.29, 1.82) is 0 Å². The molecule has 1 amide bonds. The number of aryl methyl sites for hydroxylation is 1. The highest BCUT2D eigenvalue weighted by Gasteiger charge is 2.16. The van der Waals surface area contributed by atoms with E-state index in [4.69, 9.17) is 4.74 Å². The van der Waals surface area contributed by atoms with Crippen molar-refractivity contribution < 1.29 is 13.9 Å². The van der Waals surface area contributed by atoms with E-state index in [0.29, 0.717) is 33.3 Å². The Kier molecular flexibility index (Phi) is 5.77. The summed E-state index contributed by atoms with van der Waals surface area (Å²) < 4.78 is 19.9. The normalized spacial score (nSPS) is 10.9. The molecule has 0 aliphatic carbocycles. The summed E-state index contributed by atoms with van der Waals surface area (Å²) in [6.07, 6.45) is 0. The number of nitrogens with one attached hydrogen (secondary N) is 2. The second kappa shape index (κ2) is 8.65. The molecule has 2 N–H and O–H groups in total. The van der Waals surface area contributed by atoms with Crippen LogP contribution < -0.4 is 15.6 Å². The number of hydrogen-bond acceptors (Lipinski definition) is 5. The highest BCUT2D eigenvalue weighted by Crippen LogP contribution is 2.23. The van der Waals surface area contributed by atoms with Gasteiger partial charge in [-0.05, 0) is 49.4 Å². The second-order valence-corrected chi connectivity index (χ2v) is 7.74. The standard InChI is InChI=1S/C22H19FN4O3S/c1-13-10-18-20(24-13)21(29)27(16-8-6-14(23)7-9-16)22(26-18)31-12-19(28)25-15-4-3-5-17(11-15)30-2/h3-11,24H,12H2,1-2H3,(H,25,28). The zero-order chi connectivity index (χ0) is 22.0. The third-order valence-electron chi connectivity index (χ3n) is 4.53. The van der Waals surface area contributed by atoms with E-state index >= 15 is 0 Å². The molecule has 0 spiro atoms. The molecule has 0 saturated carbocycles. The number of rotatable bonds is 6. The average Bonchev–Trinajstić information content (AvgIpc) is 3.14. The predicted octanol–water partition coefficient (Wildman–Crippen LogP) is 3.90. The molecule has 0 aliphatic heterocycles. The molecule has 0 fully saturated rings. The van der Waals surface area contributed by atoms with Crippen molar-refractivity contribution in [2.24, 2.45) is 0 Å². The number of carbonyl (C=O) groups excluding carboxylic acids is 1. The Balaban J connectivity index is 1.64. The van der Waals surface area contributed by atoms with Crippen LogP contribution in [0.2, 0.25) is 0 Å². The molecule has 0 saturated heterocycles. The fraction of sp³-hybridized carbons (Fsp3) is 0.136. The highest BCUT2D eigenvalue weighted by molar-refractivity contribution is 7.99. The second-order valence-electron chi connectivity index (χ2n) is 6.79. The summed E-state index contributed by atoms with van der Waals surface area (Å²) in [7, 11) is 1.55. The molecule has 0 atom stereocenters. The number of nitrogens with zero attached hydrogens (tertiary/aromatic N) is 2. The average molecular weight is 438 g/mol. The van der Waals surface area contributed by atoms with Crippen molar-refractivity contribution in [3.63, 3.8) is 0 Å². The number of ether oxygens (including phenoxy) is 1. The first-order valence-electron chi connectivity index (χ1n) is 9.39. The van der Waals surface area contributed by atoms with Gasteiger partial charge in [-0.3, -0.25) is 14.2 Å². The minimum absolute atomic E-state index is 0.0275. The van der Waals surface area contributed by atoms with Gasteiger partial charge in [0.15, 0.2) is 5.16 Å². The van der Waals surface area contributed by atoms with Gasteiger partial charge < -0.3 is 15.0 Å². The van der Waals surface area contributed by atoms with Crippen LogP contribution in [0.15, 0.2) is 64.5 Å². The molecule has 2 aromatic carbocycles. The molecule has 2 heterocycles. The zero-order valence-corrected chi connectivity index (χ0v) is 17.6. The molecule has 0 bridgehead atoms. The first kappa shape index (κ1) is 20.7. The first-order valence-corrected chi connectivity index (χ1v) is 10.4. The number of amides is 1. The number of fused-ring (bicyclic) bond motifs is 1. The van der Waals surface area contributed by atoms with Crippen molar-refractivity contribution in [2.75, 3.05) is 18.2 Å². The maximum Gasteiger partial charge on any atom is 0.283 e. The summed E-state index contributed by atoms with van der Waals surface area (Å²) in [4.78, 5) is 33.2. The lowest BCUT2D eigenvalue weighted by molar-refractivity contribution is -0.113. The van der Waals surface area contributed by atoms with Gasteiger partial charge in [-0.15, -0.1) is 0 Å². The number of aromatic nitrogens is 3. The Morgan fingerprint density at radius 1 is 1.23 bits per heavy atom. The van der Waals surface area contributed by atoms with Gasteiger partial charge in [0.2, 0.25) is 5.91 Å². The number of benzene rings is 2. The number of carbonyl (C=O) groups is 1. The Labute approximate surface area is 181 Å². The van der Waals surface area contributed by atoms with Crippen LogP contribution in [0.1, 0.15) is 5.69 Å². The summed E-state index contributed by atoms with van der Waals surface area (Å²) >= 11 is 1.12. The van der Waals surface area contributed by atoms with E-state index in [2.05, 4.69) is 15.3 Å². The predicted molar refractivity (Wildman–Crippen MR) is 119 cm³/mol. The van der Waals surface area contributed by atoms with Crippen molar-refractivity contribution in [2.45, 2.75) is 12.1 Å². The van der Waals surface area contributed by atoms with Crippen LogP contribution in [-0.4, -0.2) is 33.3 Å². The smallest absolute Gasteiger partial charge is 0.283 e. The van der Waals surface area contributed by atoms with Crippen molar-refractivity contribution in [3.8, 4) is 11.4 Å². The topological polar surface area (TPSA) is 89.0 Å². The monoisotopic (exact) mass is 438 g/mol. The molecule has 0 aliphatic rings. The minimum Gasteiger partial charge on any atom is -0.497 e. The zero-order valence-electron chi connectivity index (χ0n) is 16.8. The van der Waals surface area contributed by atoms with E-state index < -0.39 is 5.82 Å². The van der Waals surface area contributed by atoms with Crippen LogP contribution in [0.25, 0.3) is 16.7 Å². The molecular weight excluding hydrogens is 419 g/mol. The van der Waals surface area contributed by atoms with Crippen LogP contribution in [0, 0.1) is 12.7 Å². The van der Waals surface area contributed by atoms with Gasteiger partial charge in [-0.25, -0.2) is 9.37 Å². The quantitative estimate of drug-likeness (QED) is 0.352. The molecule has 158 valence electrons. The van der Waals surface area contributed by atoms with Crippen LogP contribution in [0.3, 0.4) is 0 Å². The molecular formula is C22H19FN4O3S. The van der Waals surface area contributed by atoms with Gasteiger partial charge in [0.05, 0.1) is 24.1 Å². The summed E-state index contributed by atoms with van der Waals surface area (Å²) in [6.45, 7) is 1.83. The van der Waals surface area contributed by atoms with Crippen molar-refractivity contribution >= 4 is 34.4 Å². The SMILES string of the molecule is COc1cccc(NC(=O)CSc2nc3cc(C)[nH]c3c(=O)n2-c2ccc(F)cc2)c1. The molecule has 0 radical (unpaired) electrons. The molecule has 4 rings (SSSR count). The number of hydrogen-bond donors (Lipinski definition) is 2. The number of H-pyrrole nitrogens is 1. The van der Waals surface area contributed by atoms with E-state index in [-0.39, 0.29) is 17.2 Å². The van der Waals surface area contributed by atoms with Gasteiger partial charge in [-0.2, -0.15) is 0 Å². The summed E-state index contributed by atoms with van der Waals surface area (Å²) in [5.74, 6) is -0.0118. The molecule has 4 aromatic rings. The molecule has 9 heteroatoms. The summed E-state index contributed by atoms with van der Waals surface area (Å²) in [5.41, 5.74) is 2.40. The van der Waals surface area contributed by atoms with Gasteiger partial charge in [0.25, 0.3) is 5.56 Å². The molecule has 31 heavy (non-hydrogen) atoms. The lowest BCUT2D eigenvalue weighted by Crippen LogP contribution is -2.23. The van der Waals surface area contributed by atoms with E-state index in [1.54, 1.807) is 37.4 Å². The molecule has 2 aromatic heterocycles. The van der Waals surface area contributed by atoms with E-state index in [1.807, 2.05) is 6.92 Å². The summed E-state index contributed by atoms with van der Waals surface area (Å²) in [5, 5.41) is 3.14. The highest BCUT2D eigenvalue weighted by atomic mass is 32.2. The first-order chi connectivity index (χ1) is 14.9. The number of aromatic amines is 1. The van der Waals surface area contributed by atoms with Crippen LogP contribution in [0.5, 0.6) is 5.75 Å². The van der Waals surface area contributed by atoms with Gasteiger partial charge in [0, 0.05) is 17.4 Å². The van der Waals surface area contributed by atoms with E-state index in [1.165, 1.54) is 28.8 Å². The van der Waals surface area contributed by atoms with E-state index in [0.717, 1.165) is 17.5 Å². The van der Waals surface area contributed by atoms with Gasteiger partial charge in [-0.1, -0.05) is 17.8 Å². The van der Waals surface area contributed by atoms with E-state index in [9.17, 15) is 14.0 Å². The Morgan fingerprint density at radius 3 is 2.74 bits per heavy atom. The minimum atomic E-state index is -0.409. The van der Waals surface area contributed by atoms with Crippen LogP contribution >= 0.6 is 11.8 Å². The molecule has 7 nitrogen and oxygen atoms in total. The number of thioether (sulfide) groups is 1. The van der Waals surface area contributed by atoms with Crippen molar-refractivity contribution in [1.82, 2.24) is 14.5 Å². The summed E-state index contributed by atoms with van der Waals surface area (Å²) in [6, 6.07) is 14.3.